The molecular formula is C16H20ClN5O3. The number of hydrogen-bond donors (Lipinski definition) is 0. The first-order chi connectivity index (χ1) is 12.1. The zero-order valence-corrected chi connectivity index (χ0v) is 14.5. The minimum atomic E-state index is -0.405. The highest BCUT2D eigenvalue weighted by Gasteiger charge is 2.21. The molecule has 0 aliphatic carbocycles. The molecule has 0 spiro atoms. The maximum absolute atomic E-state index is 10.9. The van der Waals surface area contributed by atoms with Crippen LogP contribution in [0.5, 0.6) is 5.75 Å². The summed E-state index contributed by atoms with van der Waals surface area (Å²) in [5.74, 6) is 0.841. The van der Waals surface area contributed by atoms with Crippen molar-refractivity contribution in [1.82, 2.24) is 19.6 Å². The Bertz CT molecular complexity index is 698. The molecule has 25 heavy (non-hydrogen) atoms. The maximum atomic E-state index is 10.9. The smallest absolute Gasteiger partial charge is 0.346 e. The van der Waals surface area contributed by atoms with Crippen molar-refractivity contribution < 1.29 is 9.66 Å². The number of aromatic nitrogens is 2. The summed E-state index contributed by atoms with van der Waals surface area (Å²) in [4.78, 5) is 15.0. The van der Waals surface area contributed by atoms with Crippen LogP contribution in [0.25, 0.3) is 0 Å². The van der Waals surface area contributed by atoms with E-state index in [1.165, 1.54) is 16.9 Å². The molecule has 9 heteroatoms. The molecule has 8 nitrogen and oxygen atoms in total. The van der Waals surface area contributed by atoms with Gasteiger partial charge in [-0.15, -0.1) is 4.68 Å². The summed E-state index contributed by atoms with van der Waals surface area (Å²) >= 11 is 5.85. The van der Waals surface area contributed by atoms with Gasteiger partial charge in [-0.05, 0) is 29.2 Å². The van der Waals surface area contributed by atoms with Gasteiger partial charge in [0.1, 0.15) is 12.4 Å². The van der Waals surface area contributed by atoms with Gasteiger partial charge in [0.05, 0.1) is 12.3 Å². The summed E-state index contributed by atoms with van der Waals surface area (Å²) < 4.78 is 7.14. The Hall–Kier alpha value is -2.16. The Kier molecular flexibility index (Phi) is 5.85. The Morgan fingerprint density at radius 3 is 2.48 bits per heavy atom. The predicted octanol–water partition coefficient (Wildman–Crippen LogP) is 2.10. The second-order valence-corrected chi connectivity index (χ2v) is 6.29. The highest BCUT2D eigenvalue weighted by molar-refractivity contribution is 6.30. The van der Waals surface area contributed by atoms with Crippen LogP contribution in [-0.2, 0) is 6.67 Å². The normalized spacial score (nSPS) is 16.0. The molecule has 1 aromatic heterocycles. The minimum Gasteiger partial charge on any atom is -0.492 e. The van der Waals surface area contributed by atoms with E-state index in [1.807, 2.05) is 24.3 Å². The molecule has 1 aromatic carbocycles. The molecule has 2 aromatic rings. The van der Waals surface area contributed by atoms with E-state index >= 15 is 0 Å². The van der Waals surface area contributed by atoms with Crippen molar-refractivity contribution >= 4 is 17.4 Å². The fraction of sp³-hybridized carbons (Fsp3) is 0.438. The van der Waals surface area contributed by atoms with Crippen LogP contribution in [0.4, 0.5) is 5.82 Å². The Morgan fingerprint density at radius 1 is 1.12 bits per heavy atom. The van der Waals surface area contributed by atoms with E-state index in [0.29, 0.717) is 18.3 Å². The van der Waals surface area contributed by atoms with E-state index in [-0.39, 0.29) is 5.82 Å². The first-order valence-corrected chi connectivity index (χ1v) is 8.49. The molecule has 1 aliphatic heterocycles. The summed E-state index contributed by atoms with van der Waals surface area (Å²) in [6, 6.07) is 8.76. The van der Waals surface area contributed by atoms with Gasteiger partial charge in [0.25, 0.3) is 0 Å². The minimum absolute atomic E-state index is 0.0267. The number of nitro groups is 1. The van der Waals surface area contributed by atoms with E-state index in [9.17, 15) is 10.1 Å². The van der Waals surface area contributed by atoms with Crippen LogP contribution in [0, 0.1) is 10.1 Å². The van der Waals surface area contributed by atoms with Gasteiger partial charge in [-0.1, -0.05) is 16.7 Å². The third-order valence-corrected chi connectivity index (χ3v) is 4.42. The van der Waals surface area contributed by atoms with Crippen molar-refractivity contribution in [2.24, 2.45) is 0 Å². The molecule has 0 N–H and O–H groups in total. The molecule has 134 valence electrons. The SMILES string of the molecule is O=[N+]([O-])c1ccnn1CN1CCN(CCOc2ccc(Cl)cc2)CC1. The van der Waals surface area contributed by atoms with Crippen molar-refractivity contribution in [3.8, 4) is 5.75 Å². The molecule has 0 radical (unpaired) electrons. The first-order valence-electron chi connectivity index (χ1n) is 8.11. The van der Waals surface area contributed by atoms with E-state index in [1.54, 1.807) is 0 Å². The molecule has 2 heterocycles. The average molecular weight is 366 g/mol. The summed E-state index contributed by atoms with van der Waals surface area (Å²) in [7, 11) is 0. The van der Waals surface area contributed by atoms with Gasteiger partial charge in [-0.3, -0.25) is 9.80 Å². The molecule has 0 unspecified atom stereocenters. The van der Waals surface area contributed by atoms with Gasteiger partial charge in [0.2, 0.25) is 0 Å². The van der Waals surface area contributed by atoms with Crippen molar-refractivity contribution in [3.05, 3.63) is 51.7 Å². The molecule has 3 rings (SSSR count). The molecule has 0 amide bonds. The highest BCUT2D eigenvalue weighted by Crippen LogP contribution is 2.15. The lowest BCUT2D eigenvalue weighted by Gasteiger charge is -2.33. The van der Waals surface area contributed by atoms with Gasteiger partial charge in [0, 0.05) is 37.7 Å². The van der Waals surface area contributed by atoms with Gasteiger partial charge in [-0.2, -0.15) is 0 Å². The number of ether oxygens (including phenoxy) is 1. The Morgan fingerprint density at radius 2 is 1.80 bits per heavy atom. The zero-order chi connectivity index (χ0) is 17.6. The quantitative estimate of drug-likeness (QED) is 0.552. The third-order valence-electron chi connectivity index (χ3n) is 4.17. The van der Waals surface area contributed by atoms with Gasteiger partial charge >= 0.3 is 5.82 Å². The second-order valence-electron chi connectivity index (χ2n) is 5.85. The topological polar surface area (TPSA) is 76.7 Å². The number of hydrogen-bond acceptors (Lipinski definition) is 6. The van der Waals surface area contributed by atoms with Crippen LogP contribution in [0.1, 0.15) is 0 Å². The van der Waals surface area contributed by atoms with Gasteiger partial charge in [-0.25, -0.2) is 0 Å². The van der Waals surface area contributed by atoms with Crippen molar-refractivity contribution in [3.63, 3.8) is 0 Å². The number of piperazine rings is 1. The lowest BCUT2D eigenvalue weighted by molar-refractivity contribution is -0.393. The van der Waals surface area contributed by atoms with Crippen LogP contribution in [0.3, 0.4) is 0 Å². The molecule has 0 atom stereocenters. The lowest BCUT2D eigenvalue weighted by atomic mass is 10.3. The van der Waals surface area contributed by atoms with Crippen molar-refractivity contribution in [2.75, 3.05) is 39.3 Å². The van der Waals surface area contributed by atoms with Crippen molar-refractivity contribution in [2.45, 2.75) is 6.67 Å². The Labute approximate surface area is 150 Å². The van der Waals surface area contributed by atoms with Crippen LogP contribution >= 0.6 is 11.6 Å². The molecule has 1 fully saturated rings. The first kappa shape index (κ1) is 17.7. The standard InChI is InChI=1S/C16H20ClN5O3/c17-14-1-3-15(4-2-14)25-12-11-19-7-9-20(10-8-19)13-21-16(22(23)24)5-6-18-21/h1-6H,7-13H2. The van der Waals surface area contributed by atoms with E-state index < -0.39 is 4.92 Å². The number of nitrogens with zero attached hydrogens (tertiary/aromatic N) is 5. The largest absolute Gasteiger partial charge is 0.492 e. The van der Waals surface area contributed by atoms with Crippen LogP contribution < -0.4 is 4.74 Å². The van der Waals surface area contributed by atoms with Gasteiger partial charge in [0.15, 0.2) is 6.67 Å². The van der Waals surface area contributed by atoms with E-state index in [4.69, 9.17) is 16.3 Å². The number of rotatable bonds is 7. The lowest BCUT2D eigenvalue weighted by Crippen LogP contribution is -2.47. The highest BCUT2D eigenvalue weighted by atomic mass is 35.5. The van der Waals surface area contributed by atoms with Gasteiger partial charge < -0.3 is 14.9 Å². The average Bonchev–Trinajstić information content (AvgIpc) is 3.07. The maximum Gasteiger partial charge on any atom is 0.346 e. The predicted molar refractivity (Wildman–Crippen MR) is 93.8 cm³/mol. The van der Waals surface area contributed by atoms with E-state index in [0.717, 1.165) is 38.5 Å². The van der Waals surface area contributed by atoms with Crippen LogP contribution in [-0.4, -0.2) is 63.8 Å². The third kappa shape index (κ3) is 4.91. The molecule has 0 bridgehead atoms. The van der Waals surface area contributed by atoms with Crippen LogP contribution in [0.2, 0.25) is 5.02 Å². The molecular weight excluding hydrogens is 346 g/mol. The Balaban J connectivity index is 1.39. The molecule has 1 saturated heterocycles. The number of benzene rings is 1. The number of halogens is 1. The van der Waals surface area contributed by atoms with E-state index in [2.05, 4.69) is 14.9 Å². The summed E-state index contributed by atoms with van der Waals surface area (Å²) in [6.45, 7) is 5.40. The van der Waals surface area contributed by atoms with Crippen molar-refractivity contribution in [1.29, 1.82) is 0 Å². The summed E-state index contributed by atoms with van der Waals surface area (Å²) in [5.41, 5.74) is 0. The summed E-state index contributed by atoms with van der Waals surface area (Å²) in [5, 5.41) is 15.7. The second kappa shape index (κ2) is 8.28. The zero-order valence-electron chi connectivity index (χ0n) is 13.8. The molecule has 0 saturated carbocycles. The fourth-order valence-electron chi connectivity index (χ4n) is 2.76. The fourth-order valence-corrected chi connectivity index (χ4v) is 2.88. The monoisotopic (exact) mass is 365 g/mol. The van der Waals surface area contributed by atoms with Crippen LogP contribution in [0.15, 0.2) is 36.5 Å². The molecule has 1 aliphatic rings. The summed E-state index contributed by atoms with van der Waals surface area (Å²) in [6.07, 6.45) is 1.46.